The first-order valence-corrected chi connectivity index (χ1v) is 6.15. The Morgan fingerprint density at radius 2 is 2.07 bits per heavy atom. The van der Waals surface area contributed by atoms with Crippen molar-refractivity contribution >= 4 is 11.8 Å². The van der Waals surface area contributed by atoms with Crippen LogP contribution >= 0.6 is 11.8 Å². The van der Waals surface area contributed by atoms with E-state index in [0.29, 0.717) is 11.3 Å². The molecule has 1 rings (SSSR count). The van der Waals surface area contributed by atoms with Gasteiger partial charge in [0.2, 0.25) is 0 Å². The van der Waals surface area contributed by atoms with Crippen LogP contribution in [0, 0.1) is 5.82 Å². The minimum absolute atomic E-state index is 0.125. The minimum atomic E-state index is -0.125. The van der Waals surface area contributed by atoms with E-state index in [1.165, 1.54) is 6.07 Å². The van der Waals surface area contributed by atoms with E-state index in [1.807, 2.05) is 19.2 Å². The fourth-order valence-corrected chi connectivity index (χ4v) is 2.82. The van der Waals surface area contributed by atoms with Crippen LogP contribution in [0.25, 0.3) is 0 Å². The second-order valence-electron chi connectivity index (χ2n) is 3.56. The van der Waals surface area contributed by atoms with Crippen LogP contribution in [0.3, 0.4) is 0 Å². The molecule has 1 N–H and O–H groups in total. The Balaban J connectivity index is 2.65. The van der Waals surface area contributed by atoms with Crippen molar-refractivity contribution in [2.24, 2.45) is 0 Å². The average Bonchev–Trinajstić information content (AvgIpc) is 2.23. The third kappa shape index (κ3) is 3.50. The van der Waals surface area contributed by atoms with Crippen LogP contribution in [0.2, 0.25) is 0 Å². The van der Waals surface area contributed by atoms with Crippen molar-refractivity contribution in [1.29, 1.82) is 0 Å². The monoisotopic (exact) mass is 227 g/mol. The lowest BCUT2D eigenvalue weighted by Crippen LogP contribution is -2.33. The topological polar surface area (TPSA) is 12.0 Å². The molecule has 3 heteroatoms. The summed E-state index contributed by atoms with van der Waals surface area (Å²) in [6.07, 6.45) is 1.05. The van der Waals surface area contributed by atoms with Crippen molar-refractivity contribution in [2.45, 2.75) is 36.5 Å². The zero-order valence-corrected chi connectivity index (χ0v) is 10.3. The number of thioether (sulfide) groups is 1. The first-order chi connectivity index (χ1) is 7.19. The lowest BCUT2D eigenvalue weighted by atomic mass is 10.2. The van der Waals surface area contributed by atoms with Crippen LogP contribution in [0.15, 0.2) is 29.2 Å². The molecule has 15 heavy (non-hydrogen) atoms. The quantitative estimate of drug-likeness (QED) is 0.775. The van der Waals surface area contributed by atoms with E-state index in [2.05, 4.69) is 19.2 Å². The van der Waals surface area contributed by atoms with Crippen LogP contribution < -0.4 is 5.32 Å². The minimum Gasteiger partial charge on any atom is -0.316 e. The molecule has 0 aliphatic carbocycles. The van der Waals surface area contributed by atoms with Gasteiger partial charge in [0.25, 0.3) is 0 Å². The molecule has 0 aromatic heterocycles. The molecule has 2 unspecified atom stereocenters. The highest BCUT2D eigenvalue weighted by atomic mass is 32.2. The third-order valence-corrected chi connectivity index (χ3v) is 3.81. The molecule has 0 radical (unpaired) electrons. The summed E-state index contributed by atoms with van der Waals surface area (Å²) in [5.41, 5.74) is 0. The molecular formula is C12H18FNS. The molecule has 0 fully saturated rings. The van der Waals surface area contributed by atoms with Crippen LogP contribution in [0.5, 0.6) is 0 Å². The first kappa shape index (κ1) is 12.5. The Morgan fingerprint density at radius 1 is 1.40 bits per heavy atom. The van der Waals surface area contributed by atoms with Gasteiger partial charge in [0.15, 0.2) is 0 Å². The van der Waals surface area contributed by atoms with E-state index in [4.69, 9.17) is 0 Å². The highest BCUT2D eigenvalue weighted by Crippen LogP contribution is 2.28. The first-order valence-electron chi connectivity index (χ1n) is 5.27. The van der Waals surface area contributed by atoms with Gasteiger partial charge >= 0.3 is 0 Å². The molecule has 0 bridgehead atoms. The molecule has 2 atom stereocenters. The van der Waals surface area contributed by atoms with Gasteiger partial charge in [0, 0.05) is 16.2 Å². The number of hydrogen-bond acceptors (Lipinski definition) is 2. The third-order valence-electron chi connectivity index (χ3n) is 2.53. The molecule has 84 valence electrons. The average molecular weight is 227 g/mol. The van der Waals surface area contributed by atoms with Crippen LogP contribution in [0.1, 0.15) is 20.3 Å². The van der Waals surface area contributed by atoms with E-state index >= 15 is 0 Å². The second-order valence-corrected chi connectivity index (χ2v) is 4.98. The standard InChI is InChI=1S/C12H18FNS/c1-4-11(14-3)9(2)15-12-8-6-5-7-10(12)13/h5-9,11,14H,4H2,1-3H3. The largest absolute Gasteiger partial charge is 0.316 e. The van der Waals surface area contributed by atoms with Gasteiger partial charge in [-0.1, -0.05) is 26.0 Å². The summed E-state index contributed by atoms with van der Waals surface area (Å²) in [5.74, 6) is -0.125. The Morgan fingerprint density at radius 3 is 2.60 bits per heavy atom. The summed E-state index contributed by atoms with van der Waals surface area (Å²) in [7, 11) is 1.95. The zero-order valence-electron chi connectivity index (χ0n) is 9.46. The number of benzene rings is 1. The van der Waals surface area contributed by atoms with Gasteiger partial charge in [-0.2, -0.15) is 0 Å². The van der Waals surface area contributed by atoms with E-state index in [-0.39, 0.29) is 5.82 Å². The van der Waals surface area contributed by atoms with Gasteiger partial charge in [0.1, 0.15) is 5.82 Å². The zero-order chi connectivity index (χ0) is 11.3. The maximum Gasteiger partial charge on any atom is 0.136 e. The molecular weight excluding hydrogens is 209 g/mol. The molecule has 0 heterocycles. The van der Waals surface area contributed by atoms with Crippen molar-refractivity contribution in [3.8, 4) is 0 Å². The summed E-state index contributed by atoms with van der Waals surface area (Å²) in [4.78, 5) is 0.735. The lowest BCUT2D eigenvalue weighted by molar-refractivity contribution is 0.540. The molecule has 0 amide bonds. The lowest BCUT2D eigenvalue weighted by Gasteiger charge is -2.21. The summed E-state index contributed by atoms with van der Waals surface area (Å²) < 4.78 is 13.4. The van der Waals surface area contributed by atoms with Gasteiger partial charge < -0.3 is 5.32 Å². The molecule has 1 aromatic rings. The SMILES string of the molecule is CCC(NC)C(C)Sc1ccccc1F. The fourth-order valence-electron chi connectivity index (χ4n) is 1.59. The van der Waals surface area contributed by atoms with E-state index in [1.54, 1.807) is 17.8 Å². The highest BCUT2D eigenvalue weighted by molar-refractivity contribution is 8.00. The van der Waals surface area contributed by atoms with Gasteiger partial charge in [-0.05, 0) is 25.6 Å². The number of hydrogen-bond donors (Lipinski definition) is 1. The van der Waals surface area contributed by atoms with Gasteiger partial charge in [-0.15, -0.1) is 11.8 Å². The van der Waals surface area contributed by atoms with Crippen molar-refractivity contribution in [3.63, 3.8) is 0 Å². The number of rotatable bonds is 5. The Labute approximate surface area is 95.5 Å². The maximum absolute atomic E-state index is 13.4. The Bertz CT molecular complexity index is 299. The Hall–Kier alpha value is -0.540. The van der Waals surface area contributed by atoms with Crippen LogP contribution in [-0.4, -0.2) is 18.3 Å². The van der Waals surface area contributed by atoms with E-state index in [9.17, 15) is 4.39 Å². The van der Waals surface area contributed by atoms with Crippen molar-refractivity contribution in [3.05, 3.63) is 30.1 Å². The smallest absolute Gasteiger partial charge is 0.136 e. The molecule has 0 saturated heterocycles. The predicted octanol–water partition coefficient (Wildman–Crippen LogP) is 3.30. The second kappa shape index (κ2) is 6.13. The van der Waals surface area contributed by atoms with Crippen LogP contribution in [-0.2, 0) is 0 Å². The van der Waals surface area contributed by atoms with Crippen molar-refractivity contribution < 1.29 is 4.39 Å². The summed E-state index contributed by atoms with van der Waals surface area (Å²) in [5, 5.41) is 3.62. The molecule has 0 aliphatic rings. The summed E-state index contributed by atoms with van der Waals surface area (Å²) in [6.45, 7) is 4.27. The summed E-state index contributed by atoms with van der Waals surface area (Å²) >= 11 is 1.59. The van der Waals surface area contributed by atoms with Gasteiger partial charge in [-0.25, -0.2) is 4.39 Å². The fraction of sp³-hybridized carbons (Fsp3) is 0.500. The van der Waals surface area contributed by atoms with Crippen molar-refractivity contribution in [1.82, 2.24) is 5.32 Å². The van der Waals surface area contributed by atoms with Gasteiger partial charge in [-0.3, -0.25) is 0 Å². The maximum atomic E-state index is 13.4. The van der Waals surface area contributed by atoms with Crippen molar-refractivity contribution in [2.75, 3.05) is 7.05 Å². The Kier molecular flexibility index (Phi) is 5.12. The molecule has 1 nitrogen and oxygen atoms in total. The number of nitrogens with one attached hydrogen (secondary N) is 1. The molecule has 1 aromatic carbocycles. The van der Waals surface area contributed by atoms with Gasteiger partial charge in [0.05, 0.1) is 0 Å². The van der Waals surface area contributed by atoms with E-state index < -0.39 is 0 Å². The molecule has 0 saturated carbocycles. The van der Waals surface area contributed by atoms with Crippen LogP contribution in [0.4, 0.5) is 4.39 Å². The predicted molar refractivity (Wildman–Crippen MR) is 64.9 cm³/mol. The van der Waals surface area contributed by atoms with E-state index in [0.717, 1.165) is 11.3 Å². The number of halogens is 1. The normalized spacial score (nSPS) is 14.9. The highest BCUT2D eigenvalue weighted by Gasteiger charge is 2.15. The molecule has 0 aliphatic heterocycles. The summed E-state index contributed by atoms with van der Waals surface area (Å²) in [6, 6.07) is 7.36. The molecule has 0 spiro atoms.